The molecule has 1 saturated carbocycles. The van der Waals surface area contributed by atoms with Crippen LogP contribution in [0.25, 0.3) is 0 Å². The Kier molecular flexibility index (Phi) is 11.0. The van der Waals surface area contributed by atoms with Gasteiger partial charge < -0.3 is 29.9 Å². The maximum Gasteiger partial charge on any atom is 0.270 e. The number of carbonyl (C=O) groups excluding carboxylic acids is 1. The normalized spacial score (nSPS) is 17.8. The highest BCUT2D eigenvalue weighted by Gasteiger charge is 2.32. The molecule has 1 fully saturated rings. The topological polar surface area (TPSA) is 178 Å². The summed E-state index contributed by atoms with van der Waals surface area (Å²) in [5.74, 6) is 0.944. The zero-order valence-corrected chi connectivity index (χ0v) is 26.3. The van der Waals surface area contributed by atoms with Gasteiger partial charge in [-0.05, 0) is 54.9 Å². The lowest BCUT2D eigenvalue weighted by Gasteiger charge is -2.37. The molecule has 3 aromatic carbocycles. The summed E-state index contributed by atoms with van der Waals surface area (Å²) in [5, 5.41) is 46.7. The molecule has 0 aliphatic heterocycles. The number of nitrogens with one attached hydrogen (secondary N) is 1. The number of ether oxygens (including phenoxy) is 2. The SMILES string of the molecule is COc1cc(N(Cc2cc([N+](=O)[O-])ccc2O)Cc2cc([N+](=O)[O-])ccc2O)ccc1NC(=O)COC1CC(C)CCC1C(C)C. The van der Waals surface area contributed by atoms with Crippen LogP contribution in [0.4, 0.5) is 22.7 Å². The van der Waals surface area contributed by atoms with Gasteiger partial charge in [0.25, 0.3) is 11.4 Å². The number of nitro benzene ring substituents is 2. The van der Waals surface area contributed by atoms with Gasteiger partial charge in [0, 0.05) is 60.2 Å². The first-order chi connectivity index (χ1) is 21.9. The third-order valence-corrected chi connectivity index (χ3v) is 8.48. The van der Waals surface area contributed by atoms with Crippen molar-refractivity contribution in [3.8, 4) is 17.2 Å². The minimum atomic E-state index is -0.582. The third-order valence-electron chi connectivity index (χ3n) is 8.48. The minimum absolute atomic E-state index is 0.00258. The van der Waals surface area contributed by atoms with Crippen LogP contribution in [0, 0.1) is 38.0 Å². The van der Waals surface area contributed by atoms with E-state index in [2.05, 4.69) is 26.1 Å². The number of phenols is 2. The molecular formula is C33H40N4O9. The molecule has 0 aromatic heterocycles. The zero-order valence-electron chi connectivity index (χ0n) is 26.3. The number of anilines is 2. The van der Waals surface area contributed by atoms with Crippen LogP contribution in [0.15, 0.2) is 54.6 Å². The third kappa shape index (κ3) is 8.42. The van der Waals surface area contributed by atoms with Crippen molar-refractivity contribution in [2.45, 2.75) is 59.2 Å². The molecule has 13 nitrogen and oxygen atoms in total. The molecular weight excluding hydrogens is 596 g/mol. The van der Waals surface area contributed by atoms with Gasteiger partial charge in [0.15, 0.2) is 0 Å². The van der Waals surface area contributed by atoms with Crippen LogP contribution in [0.5, 0.6) is 17.2 Å². The lowest BCUT2D eigenvalue weighted by atomic mass is 9.75. The van der Waals surface area contributed by atoms with Gasteiger partial charge in [-0.1, -0.05) is 27.2 Å². The summed E-state index contributed by atoms with van der Waals surface area (Å²) in [7, 11) is 1.44. The molecule has 4 rings (SSSR count). The second-order valence-electron chi connectivity index (χ2n) is 12.1. The summed E-state index contributed by atoms with van der Waals surface area (Å²) in [6.45, 7) is 6.28. The van der Waals surface area contributed by atoms with Crippen LogP contribution in [0.1, 0.15) is 51.2 Å². The molecule has 0 radical (unpaired) electrons. The number of hydrogen-bond donors (Lipinski definition) is 3. The molecule has 1 aliphatic carbocycles. The molecule has 0 spiro atoms. The molecule has 3 N–H and O–H groups in total. The minimum Gasteiger partial charge on any atom is -0.508 e. The molecule has 1 amide bonds. The van der Waals surface area contributed by atoms with Crippen LogP contribution in [0.2, 0.25) is 0 Å². The van der Waals surface area contributed by atoms with E-state index in [1.165, 1.54) is 43.5 Å². The van der Waals surface area contributed by atoms with E-state index in [0.29, 0.717) is 34.9 Å². The number of amides is 1. The highest BCUT2D eigenvalue weighted by molar-refractivity contribution is 5.93. The summed E-state index contributed by atoms with van der Waals surface area (Å²) < 4.78 is 11.7. The van der Waals surface area contributed by atoms with E-state index in [9.17, 15) is 35.2 Å². The van der Waals surface area contributed by atoms with Gasteiger partial charge in [-0.25, -0.2) is 0 Å². The molecule has 3 unspecified atom stereocenters. The zero-order chi connectivity index (χ0) is 33.5. The fraction of sp³-hybridized carbons (Fsp3) is 0.424. The number of methoxy groups -OCH3 is 1. The maximum atomic E-state index is 13.0. The monoisotopic (exact) mass is 636 g/mol. The van der Waals surface area contributed by atoms with E-state index >= 15 is 0 Å². The van der Waals surface area contributed by atoms with Crippen molar-refractivity contribution in [1.82, 2.24) is 0 Å². The van der Waals surface area contributed by atoms with Crippen molar-refractivity contribution in [1.29, 1.82) is 0 Å². The Labute approximate surface area is 267 Å². The van der Waals surface area contributed by atoms with Crippen molar-refractivity contribution in [2.24, 2.45) is 17.8 Å². The van der Waals surface area contributed by atoms with Crippen LogP contribution in [-0.2, 0) is 22.6 Å². The number of aromatic hydroxyl groups is 2. The Balaban J connectivity index is 1.59. The number of hydrogen-bond acceptors (Lipinski definition) is 10. The molecule has 0 bridgehead atoms. The number of nitrogens with zero attached hydrogens (tertiary/aromatic N) is 3. The smallest absolute Gasteiger partial charge is 0.270 e. The molecule has 0 saturated heterocycles. The predicted molar refractivity (Wildman–Crippen MR) is 172 cm³/mol. The van der Waals surface area contributed by atoms with Gasteiger partial charge in [0.05, 0.1) is 28.7 Å². The average Bonchev–Trinajstić information content (AvgIpc) is 3.01. The second kappa shape index (κ2) is 14.9. The van der Waals surface area contributed by atoms with E-state index in [-0.39, 0.29) is 65.7 Å². The molecule has 1 aliphatic rings. The van der Waals surface area contributed by atoms with E-state index < -0.39 is 9.85 Å². The van der Waals surface area contributed by atoms with Crippen LogP contribution < -0.4 is 15.0 Å². The number of carbonyl (C=O) groups is 1. The average molecular weight is 637 g/mol. The largest absolute Gasteiger partial charge is 0.508 e. The molecule has 3 atom stereocenters. The maximum absolute atomic E-state index is 13.0. The Hall–Kier alpha value is -4.91. The van der Waals surface area contributed by atoms with Crippen molar-refractivity contribution in [2.75, 3.05) is 23.9 Å². The van der Waals surface area contributed by atoms with E-state index in [1.54, 1.807) is 23.1 Å². The Morgan fingerprint density at radius 1 is 0.957 bits per heavy atom. The van der Waals surface area contributed by atoms with Crippen LogP contribution in [-0.4, -0.2) is 45.8 Å². The fourth-order valence-corrected chi connectivity index (χ4v) is 5.93. The van der Waals surface area contributed by atoms with E-state index in [4.69, 9.17) is 9.47 Å². The number of rotatable bonds is 13. The molecule has 0 heterocycles. The van der Waals surface area contributed by atoms with Crippen molar-refractivity contribution >= 4 is 28.7 Å². The number of benzene rings is 3. The Morgan fingerprint density at radius 2 is 1.54 bits per heavy atom. The summed E-state index contributed by atoms with van der Waals surface area (Å²) >= 11 is 0. The number of phenolic OH excluding ortho intramolecular Hbond substituents is 2. The number of nitro groups is 2. The van der Waals surface area contributed by atoms with E-state index in [0.717, 1.165) is 19.3 Å². The van der Waals surface area contributed by atoms with Gasteiger partial charge in [0.1, 0.15) is 23.9 Å². The summed E-state index contributed by atoms with van der Waals surface area (Å²) in [4.78, 5) is 36.3. The van der Waals surface area contributed by atoms with Crippen LogP contribution >= 0.6 is 0 Å². The van der Waals surface area contributed by atoms with Crippen molar-refractivity contribution < 1.29 is 34.3 Å². The molecule has 13 heteroatoms. The fourth-order valence-electron chi connectivity index (χ4n) is 5.93. The predicted octanol–water partition coefficient (Wildman–Crippen LogP) is 6.55. The second-order valence-corrected chi connectivity index (χ2v) is 12.1. The molecule has 3 aromatic rings. The molecule has 46 heavy (non-hydrogen) atoms. The molecule has 246 valence electrons. The first-order valence-electron chi connectivity index (χ1n) is 15.1. The summed E-state index contributed by atoms with van der Waals surface area (Å²) in [6.07, 6.45) is 3.13. The first kappa shape index (κ1) is 34.0. The lowest BCUT2D eigenvalue weighted by Crippen LogP contribution is -2.36. The lowest BCUT2D eigenvalue weighted by molar-refractivity contribution is -0.385. The standard InChI is InChI=1S/C33H40N4O9/c1-20(2)27-9-5-21(3)13-31(27)46-19-33(40)34-28-10-6-24(16-32(28)45-4)35(17-22-14-25(36(41)42)7-11-29(22)38)18-23-15-26(37(43)44)8-12-30(23)39/h6-8,10-12,14-16,20-21,27,31,38-39H,5,9,13,17-19H2,1-4H3,(H,34,40). The van der Waals surface area contributed by atoms with Gasteiger partial charge in [-0.3, -0.25) is 25.0 Å². The Morgan fingerprint density at radius 3 is 2.07 bits per heavy atom. The quantitative estimate of drug-likeness (QED) is 0.138. The highest BCUT2D eigenvalue weighted by Crippen LogP contribution is 2.37. The van der Waals surface area contributed by atoms with Gasteiger partial charge >= 0.3 is 0 Å². The Bertz CT molecular complexity index is 1510. The number of non-ortho nitro benzene ring substituents is 2. The van der Waals surface area contributed by atoms with Crippen molar-refractivity contribution in [3.05, 3.63) is 86.0 Å². The van der Waals surface area contributed by atoms with Crippen molar-refractivity contribution in [3.63, 3.8) is 0 Å². The van der Waals surface area contributed by atoms with E-state index in [1.807, 2.05) is 0 Å². The summed E-state index contributed by atoms with van der Waals surface area (Å²) in [5.41, 5.74) is 0.832. The van der Waals surface area contributed by atoms with Gasteiger partial charge in [-0.15, -0.1) is 0 Å². The summed E-state index contributed by atoms with van der Waals surface area (Å²) in [6, 6.07) is 12.2. The van der Waals surface area contributed by atoms with Crippen LogP contribution in [0.3, 0.4) is 0 Å². The van der Waals surface area contributed by atoms with Gasteiger partial charge in [0.2, 0.25) is 5.91 Å². The highest BCUT2D eigenvalue weighted by atomic mass is 16.6. The van der Waals surface area contributed by atoms with Gasteiger partial charge in [-0.2, -0.15) is 0 Å². The first-order valence-corrected chi connectivity index (χ1v) is 15.1.